The van der Waals surface area contributed by atoms with Gasteiger partial charge in [0.1, 0.15) is 5.78 Å². The molecule has 0 aliphatic rings. The highest BCUT2D eigenvalue weighted by atomic mass is 28.4. The predicted octanol–water partition coefficient (Wildman–Crippen LogP) is 7.69. The Labute approximate surface area is 212 Å². The Morgan fingerprint density at radius 2 is 1.26 bits per heavy atom. The second-order valence-electron chi connectivity index (χ2n) is 13.6. The van der Waals surface area contributed by atoms with Gasteiger partial charge in [0.15, 0.2) is 16.6 Å². The number of carboxylic acid groups (broad SMARTS) is 1. The summed E-state index contributed by atoms with van der Waals surface area (Å²) >= 11 is 0. The van der Waals surface area contributed by atoms with Crippen LogP contribution in [-0.4, -0.2) is 45.7 Å². The van der Waals surface area contributed by atoms with Gasteiger partial charge in [-0.1, -0.05) is 81.4 Å². The topological polar surface area (TPSA) is 72.8 Å². The summed E-state index contributed by atoms with van der Waals surface area (Å²) < 4.78 is 13.4. The van der Waals surface area contributed by atoms with Crippen molar-refractivity contribution in [3.63, 3.8) is 0 Å². The van der Waals surface area contributed by atoms with Gasteiger partial charge in [0.25, 0.3) is 0 Å². The lowest BCUT2D eigenvalue weighted by Crippen LogP contribution is -2.54. The first-order valence-electron chi connectivity index (χ1n) is 12.7. The summed E-state index contributed by atoms with van der Waals surface area (Å²) in [6.45, 7) is 31.3. The second-order valence-corrected chi connectivity index (χ2v) is 23.1. The lowest BCUT2D eigenvalue weighted by molar-refractivity contribution is -0.146. The van der Waals surface area contributed by atoms with Crippen molar-refractivity contribution in [1.29, 1.82) is 0 Å². The monoisotopic (exact) mass is 514 g/mol. The molecule has 0 aromatic heterocycles. The lowest BCUT2D eigenvalue weighted by Gasteiger charge is -2.46. The molecule has 34 heavy (non-hydrogen) atoms. The molecule has 0 bridgehead atoms. The van der Waals surface area contributed by atoms with Crippen LogP contribution < -0.4 is 0 Å². The number of Topliss-reactive ketones (excluding diaryl/α,β-unsaturated/α-hetero) is 1. The summed E-state index contributed by atoms with van der Waals surface area (Å²) in [5, 5.41) is 9.59. The van der Waals surface area contributed by atoms with Crippen LogP contribution >= 0.6 is 0 Å². The molecule has 0 rings (SSSR count). The van der Waals surface area contributed by atoms with E-state index in [1.807, 2.05) is 33.8 Å². The maximum atomic E-state index is 14.1. The molecule has 0 saturated heterocycles. The van der Waals surface area contributed by atoms with Crippen LogP contribution in [0.5, 0.6) is 0 Å². The van der Waals surface area contributed by atoms with E-state index in [9.17, 15) is 14.7 Å². The summed E-state index contributed by atoms with van der Waals surface area (Å²) in [4.78, 5) is 25.9. The Balaban J connectivity index is 6.32. The number of ketones is 1. The number of carbonyl (C=O) groups is 2. The van der Waals surface area contributed by atoms with Crippen molar-refractivity contribution in [3.8, 4) is 0 Å². The molecule has 7 heteroatoms. The van der Waals surface area contributed by atoms with E-state index < -0.39 is 40.0 Å². The van der Waals surface area contributed by atoms with Crippen molar-refractivity contribution >= 4 is 28.4 Å². The van der Waals surface area contributed by atoms with Gasteiger partial charge in [0.05, 0.1) is 18.6 Å². The van der Waals surface area contributed by atoms with Gasteiger partial charge in [-0.2, -0.15) is 0 Å². The van der Waals surface area contributed by atoms with Crippen LogP contribution in [-0.2, 0) is 18.4 Å². The van der Waals surface area contributed by atoms with Gasteiger partial charge in [0.2, 0.25) is 0 Å². The summed E-state index contributed by atoms with van der Waals surface area (Å²) in [6.07, 6.45) is 2.91. The SMILES string of the molecule is CC=C[C@@H](C)[C@H](O[Si](C)(C)C(C)(C)C)[C@@H](C)C(=O)C(C)(C)[C@H](CC(=O)O)O[Si](C)(C)C(C)(C)C. The zero-order chi connectivity index (χ0) is 27.5. The van der Waals surface area contributed by atoms with Crippen molar-refractivity contribution in [2.75, 3.05) is 0 Å². The van der Waals surface area contributed by atoms with E-state index in [2.05, 4.69) is 80.7 Å². The molecule has 5 nitrogen and oxygen atoms in total. The molecule has 0 spiro atoms. The van der Waals surface area contributed by atoms with Crippen LogP contribution in [0.1, 0.15) is 82.6 Å². The highest BCUT2D eigenvalue weighted by molar-refractivity contribution is 6.74. The van der Waals surface area contributed by atoms with Crippen LogP contribution in [0.2, 0.25) is 36.3 Å². The quantitative estimate of drug-likeness (QED) is 0.213. The van der Waals surface area contributed by atoms with E-state index in [1.165, 1.54) is 0 Å². The van der Waals surface area contributed by atoms with Gasteiger partial charge in [0, 0.05) is 11.3 Å². The van der Waals surface area contributed by atoms with Crippen LogP contribution in [0.25, 0.3) is 0 Å². The fourth-order valence-electron chi connectivity index (χ4n) is 3.62. The van der Waals surface area contributed by atoms with E-state index in [1.54, 1.807) is 0 Å². The van der Waals surface area contributed by atoms with Gasteiger partial charge in [-0.3, -0.25) is 9.59 Å². The number of allylic oxidation sites excluding steroid dienone is 1. The number of carboxylic acids is 1. The van der Waals surface area contributed by atoms with E-state index >= 15 is 0 Å². The van der Waals surface area contributed by atoms with E-state index in [4.69, 9.17) is 8.85 Å². The number of carbonyl (C=O) groups excluding carboxylic acids is 1. The Hall–Kier alpha value is -0.766. The molecule has 200 valence electrons. The molecule has 0 aromatic rings. The average molecular weight is 515 g/mol. The molecular weight excluding hydrogens is 460 g/mol. The minimum absolute atomic E-state index is 0.00229. The summed E-state index contributed by atoms with van der Waals surface area (Å²) in [5.74, 6) is -1.31. The van der Waals surface area contributed by atoms with Crippen molar-refractivity contribution in [3.05, 3.63) is 12.2 Å². The van der Waals surface area contributed by atoms with Crippen LogP contribution in [0, 0.1) is 17.3 Å². The first kappa shape index (κ1) is 33.2. The Morgan fingerprint density at radius 1 is 0.853 bits per heavy atom. The lowest BCUT2D eigenvalue weighted by atomic mass is 9.73. The van der Waals surface area contributed by atoms with Crippen molar-refractivity contribution in [1.82, 2.24) is 0 Å². The molecule has 0 unspecified atom stereocenters. The van der Waals surface area contributed by atoms with Crippen LogP contribution in [0.3, 0.4) is 0 Å². The molecule has 0 amide bonds. The van der Waals surface area contributed by atoms with Crippen molar-refractivity contribution < 1.29 is 23.5 Å². The third-order valence-corrected chi connectivity index (χ3v) is 17.2. The molecule has 4 atom stereocenters. The first-order valence-corrected chi connectivity index (χ1v) is 18.5. The predicted molar refractivity (Wildman–Crippen MR) is 148 cm³/mol. The zero-order valence-electron chi connectivity index (χ0n) is 24.8. The van der Waals surface area contributed by atoms with E-state index in [0.29, 0.717) is 0 Å². The molecule has 0 aliphatic heterocycles. The molecule has 0 aromatic carbocycles. The van der Waals surface area contributed by atoms with E-state index in [0.717, 1.165) is 0 Å². The van der Waals surface area contributed by atoms with Gasteiger partial charge < -0.3 is 14.0 Å². The molecular formula is C27H54O5Si2. The molecule has 0 heterocycles. The van der Waals surface area contributed by atoms with Crippen LogP contribution in [0.15, 0.2) is 12.2 Å². The molecule has 0 saturated carbocycles. The minimum Gasteiger partial charge on any atom is -0.481 e. The Morgan fingerprint density at radius 3 is 1.62 bits per heavy atom. The first-order chi connectivity index (χ1) is 14.9. The van der Waals surface area contributed by atoms with Crippen molar-refractivity contribution in [2.24, 2.45) is 17.3 Å². The Kier molecular flexibility index (Phi) is 11.3. The molecule has 0 aliphatic carbocycles. The fourth-order valence-corrected chi connectivity index (χ4v) is 6.52. The standard InChI is InChI=1S/C27H54O5Si2/c1-16-17-19(2)23(32-34(14,15)26(7,8)9)20(3)24(30)27(10,11)21(18-22(28)29)31-33(12,13)25(4,5)6/h16-17,19-21,23H,18H2,1-15H3,(H,28,29)/t19-,20-,21+,23+/m1/s1. The fraction of sp³-hybridized carbons (Fsp3) is 0.852. The largest absolute Gasteiger partial charge is 0.481 e. The molecule has 1 N–H and O–H groups in total. The maximum Gasteiger partial charge on any atom is 0.305 e. The van der Waals surface area contributed by atoms with E-state index in [-0.39, 0.29) is 34.3 Å². The molecule has 0 fully saturated rings. The van der Waals surface area contributed by atoms with Gasteiger partial charge in [-0.25, -0.2) is 0 Å². The average Bonchev–Trinajstić information content (AvgIpc) is 2.62. The minimum atomic E-state index is -2.30. The molecule has 0 radical (unpaired) electrons. The number of aliphatic carboxylic acids is 1. The highest BCUT2D eigenvalue weighted by Gasteiger charge is 2.49. The Bertz CT molecular complexity index is 726. The number of rotatable bonds is 12. The highest BCUT2D eigenvalue weighted by Crippen LogP contribution is 2.43. The van der Waals surface area contributed by atoms with Crippen molar-refractivity contribution in [2.45, 2.75) is 131 Å². The zero-order valence-corrected chi connectivity index (χ0v) is 26.8. The summed E-state index contributed by atoms with van der Waals surface area (Å²) in [7, 11) is -4.45. The summed E-state index contributed by atoms with van der Waals surface area (Å²) in [6, 6.07) is 0. The number of hydrogen-bond donors (Lipinski definition) is 1. The normalized spacial score (nSPS) is 18.0. The van der Waals surface area contributed by atoms with Gasteiger partial charge in [-0.15, -0.1) is 0 Å². The van der Waals surface area contributed by atoms with Gasteiger partial charge >= 0.3 is 5.97 Å². The summed E-state index contributed by atoms with van der Waals surface area (Å²) in [5.41, 5.74) is -0.974. The number of hydrogen-bond acceptors (Lipinski definition) is 4. The van der Waals surface area contributed by atoms with Crippen LogP contribution in [0.4, 0.5) is 0 Å². The second kappa shape index (κ2) is 11.5. The third-order valence-electron chi connectivity index (χ3n) is 8.20. The smallest absolute Gasteiger partial charge is 0.305 e. The maximum absolute atomic E-state index is 14.1. The third kappa shape index (κ3) is 8.42. The van der Waals surface area contributed by atoms with Gasteiger partial charge in [-0.05, 0) is 49.1 Å².